The molecular weight excluding hydrogens is 400 g/mol. The molecule has 0 aromatic rings. The van der Waals surface area contributed by atoms with Gasteiger partial charge in [-0.05, 0) is 0 Å². The first-order valence-corrected chi connectivity index (χ1v) is 8.21. The summed E-state index contributed by atoms with van der Waals surface area (Å²) in [6.45, 7) is 2.77. The molecule has 0 aromatic heterocycles. The Bertz CT molecular complexity index is 630. The Hall–Kier alpha value is -3.09. The van der Waals surface area contributed by atoms with Gasteiger partial charge in [0.15, 0.2) is 12.2 Å². The van der Waals surface area contributed by atoms with Crippen molar-refractivity contribution in [3.8, 4) is 0 Å². The fourth-order valence-corrected chi connectivity index (χ4v) is 2.38. The topological polar surface area (TPSA) is 159 Å². The Morgan fingerprint density at radius 2 is 1.21 bits per heavy atom. The zero-order valence-corrected chi connectivity index (χ0v) is 16.4. The molecule has 1 unspecified atom stereocenters. The highest BCUT2D eigenvalue weighted by molar-refractivity contribution is 5.67. The molecule has 5 atom stereocenters. The monoisotopic (exact) mass is 422 g/mol. The Kier molecular flexibility index (Phi) is 9.12. The molecule has 1 aliphatic rings. The maximum atomic E-state index is 11.7. The van der Waals surface area contributed by atoms with E-state index in [9.17, 15) is 24.0 Å². The lowest BCUT2D eigenvalue weighted by atomic mass is 9.98. The van der Waals surface area contributed by atoms with Gasteiger partial charge < -0.3 is 37.9 Å². The summed E-state index contributed by atoms with van der Waals surface area (Å²) in [4.78, 5) is 57.6. The van der Waals surface area contributed by atoms with Crippen molar-refractivity contribution in [3.63, 3.8) is 0 Å². The number of rotatable bonds is 6. The summed E-state index contributed by atoms with van der Waals surface area (Å²) < 4.78 is 39.4. The summed E-state index contributed by atoms with van der Waals surface area (Å²) in [5.74, 6) is -2.33. The number of ether oxygens (including phenoxy) is 8. The van der Waals surface area contributed by atoms with Crippen LogP contribution in [0.1, 0.15) is 20.8 Å². The second kappa shape index (κ2) is 11.0. The van der Waals surface area contributed by atoms with Crippen LogP contribution in [-0.4, -0.2) is 81.8 Å². The third-order valence-corrected chi connectivity index (χ3v) is 3.42. The van der Waals surface area contributed by atoms with Gasteiger partial charge in [-0.1, -0.05) is 0 Å². The molecule has 0 N–H and O–H groups in total. The van der Waals surface area contributed by atoms with Crippen molar-refractivity contribution >= 4 is 30.2 Å². The normalized spacial score (nSPS) is 25.8. The van der Waals surface area contributed by atoms with Gasteiger partial charge in [0.2, 0.25) is 12.4 Å². The molecule has 0 bridgehead atoms. The van der Waals surface area contributed by atoms with Gasteiger partial charge in [0.05, 0.1) is 14.2 Å². The average Bonchev–Trinajstić information content (AvgIpc) is 2.63. The van der Waals surface area contributed by atoms with Crippen LogP contribution in [0.3, 0.4) is 0 Å². The minimum Gasteiger partial charge on any atom is -0.463 e. The fraction of sp³-hybridized carbons (Fsp3) is 0.688. The first-order chi connectivity index (χ1) is 13.6. The summed E-state index contributed by atoms with van der Waals surface area (Å²) >= 11 is 0. The van der Waals surface area contributed by atoms with Crippen molar-refractivity contribution in [2.75, 3.05) is 20.8 Å². The van der Waals surface area contributed by atoms with Crippen LogP contribution in [0, 0.1) is 0 Å². The Morgan fingerprint density at radius 3 is 1.66 bits per heavy atom. The number of hydrogen-bond acceptors (Lipinski definition) is 13. The van der Waals surface area contributed by atoms with Crippen molar-refractivity contribution in [3.05, 3.63) is 0 Å². The second-order valence-corrected chi connectivity index (χ2v) is 5.60. The van der Waals surface area contributed by atoms with Crippen LogP contribution >= 0.6 is 0 Å². The molecule has 0 spiro atoms. The van der Waals surface area contributed by atoms with Crippen LogP contribution in [0.5, 0.6) is 0 Å². The van der Waals surface area contributed by atoms with E-state index < -0.39 is 67.5 Å². The molecule has 13 heteroatoms. The number of hydrogen-bond donors (Lipinski definition) is 0. The van der Waals surface area contributed by atoms with E-state index in [1.807, 2.05) is 0 Å². The minimum absolute atomic E-state index is 0.461. The summed E-state index contributed by atoms with van der Waals surface area (Å²) in [6.07, 6.45) is -9.91. The number of esters is 3. The smallest absolute Gasteiger partial charge is 0.463 e. The van der Waals surface area contributed by atoms with E-state index in [-0.39, 0.29) is 0 Å². The molecule has 13 nitrogen and oxygen atoms in total. The molecule has 1 aliphatic heterocycles. The zero-order valence-electron chi connectivity index (χ0n) is 16.4. The highest BCUT2D eigenvalue weighted by Gasteiger charge is 2.54. The zero-order chi connectivity index (χ0) is 22.1. The second-order valence-electron chi connectivity index (χ2n) is 5.60. The number of methoxy groups -OCH3 is 2. The molecule has 0 amide bonds. The van der Waals surface area contributed by atoms with Gasteiger partial charge in [0.25, 0.3) is 0 Å². The van der Waals surface area contributed by atoms with E-state index in [0.717, 1.165) is 35.0 Å². The maximum Gasteiger partial charge on any atom is 0.508 e. The standard InChI is InChI=1S/C16H22O13/c1-7(17)24-6-10-11(25-8(2)18)12(28-15(20)22-4)13(29-16(21)23-5)14(27-10)26-9(3)19/h10-14H,6H2,1-5H3/t10-,11-,12+,13-,14?/m1/s1. The van der Waals surface area contributed by atoms with Crippen LogP contribution in [0.15, 0.2) is 0 Å². The molecule has 0 saturated carbocycles. The van der Waals surface area contributed by atoms with Crippen LogP contribution in [0.2, 0.25) is 0 Å². The van der Waals surface area contributed by atoms with Gasteiger partial charge in [-0.3, -0.25) is 14.4 Å². The van der Waals surface area contributed by atoms with Crippen LogP contribution in [0.4, 0.5) is 9.59 Å². The van der Waals surface area contributed by atoms with Gasteiger partial charge in [-0.2, -0.15) is 0 Å². The van der Waals surface area contributed by atoms with Crippen molar-refractivity contribution in [2.45, 2.75) is 51.5 Å². The largest absolute Gasteiger partial charge is 0.508 e. The maximum absolute atomic E-state index is 11.7. The van der Waals surface area contributed by atoms with E-state index in [1.54, 1.807) is 0 Å². The van der Waals surface area contributed by atoms with E-state index >= 15 is 0 Å². The Balaban J connectivity index is 3.34. The highest BCUT2D eigenvalue weighted by atomic mass is 16.8. The molecule has 1 heterocycles. The van der Waals surface area contributed by atoms with Gasteiger partial charge in [0, 0.05) is 20.8 Å². The minimum atomic E-state index is -1.62. The average molecular weight is 422 g/mol. The summed E-state index contributed by atoms with van der Waals surface area (Å²) in [5.41, 5.74) is 0. The summed E-state index contributed by atoms with van der Waals surface area (Å²) in [5, 5.41) is 0. The SMILES string of the molecule is COC(=O)O[C@H]1[C@H](OC(C)=O)[C@@H](COC(C)=O)OC(OC(C)=O)[C@@H]1OC(=O)OC. The van der Waals surface area contributed by atoms with E-state index in [1.165, 1.54) is 0 Å². The summed E-state index contributed by atoms with van der Waals surface area (Å²) in [6, 6.07) is 0. The third kappa shape index (κ3) is 7.44. The number of carbonyl (C=O) groups is 5. The van der Waals surface area contributed by atoms with Crippen LogP contribution < -0.4 is 0 Å². The predicted octanol–water partition coefficient (Wildman–Crippen LogP) is 0.0724. The first kappa shape index (κ1) is 23.9. The van der Waals surface area contributed by atoms with Gasteiger partial charge >= 0.3 is 30.2 Å². The molecule has 0 aromatic carbocycles. The molecule has 29 heavy (non-hydrogen) atoms. The first-order valence-electron chi connectivity index (χ1n) is 8.21. The summed E-state index contributed by atoms with van der Waals surface area (Å²) in [7, 11) is 2.02. The molecule has 1 fully saturated rings. The lowest BCUT2D eigenvalue weighted by Crippen LogP contribution is -2.63. The van der Waals surface area contributed by atoms with Gasteiger partial charge in [-0.25, -0.2) is 9.59 Å². The molecule has 0 radical (unpaired) electrons. The molecule has 1 rings (SSSR count). The molecule has 1 saturated heterocycles. The van der Waals surface area contributed by atoms with Gasteiger partial charge in [0.1, 0.15) is 12.7 Å². The lowest BCUT2D eigenvalue weighted by Gasteiger charge is -2.43. The third-order valence-electron chi connectivity index (χ3n) is 3.42. The van der Waals surface area contributed by atoms with Crippen molar-refractivity contribution in [1.82, 2.24) is 0 Å². The fourth-order valence-electron chi connectivity index (χ4n) is 2.38. The molecule has 0 aliphatic carbocycles. The van der Waals surface area contributed by atoms with Crippen LogP contribution in [0.25, 0.3) is 0 Å². The van der Waals surface area contributed by atoms with Gasteiger partial charge in [-0.15, -0.1) is 0 Å². The van der Waals surface area contributed by atoms with E-state index in [2.05, 4.69) is 9.47 Å². The lowest BCUT2D eigenvalue weighted by molar-refractivity contribution is -0.296. The van der Waals surface area contributed by atoms with Crippen molar-refractivity contribution < 1.29 is 61.9 Å². The Labute approximate surface area is 165 Å². The van der Waals surface area contributed by atoms with E-state index in [4.69, 9.17) is 28.4 Å². The predicted molar refractivity (Wildman–Crippen MR) is 87.2 cm³/mol. The van der Waals surface area contributed by atoms with Crippen molar-refractivity contribution in [2.24, 2.45) is 0 Å². The van der Waals surface area contributed by atoms with Crippen LogP contribution in [-0.2, 0) is 52.3 Å². The van der Waals surface area contributed by atoms with Crippen molar-refractivity contribution in [1.29, 1.82) is 0 Å². The molecule has 164 valence electrons. The molecular formula is C16H22O13. The number of carbonyl (C=O) groups excluding carboxylic acids is 5. The quantitative estimate of drug-likeness (QED) is 0.418. The van der Waals surface area contributed by atoms with E-state index in [0.29, 0.717) is 0 Å². The highest BCUT2D eigenvalue weighted by Crippen LogP contribution is 2.30. The Morgan fingerprint density at radius 1 is 0.690 bits per heavy atom.